The largest absolute Gasteiger partial charge is 0.391 e. The minimum absolute atomic E-state index is 0.0342. The maximum atomic E-state index is 12.2. The molecule has 1 fully saturated rings. The number of benzene rings is 1. The van der Waals surface area contributed by atoms with E-state index < -0.39 is 42.5 Å². The Kier molecular flexibility index (Phi) is 3.44. The first-order valence-corrected chi connectivity index (χ1v) is 8.85. The van der Waals surface area contributed by atoms with Gasteiger partial charge in [0.1, 0.15) is 5.25 Å². The molecule has 1 aliphatic heterocycles. The smallest absolute Gasteiger partial charge is 0.184 e. The van der Waals surface area contributed by atoms with Crippen LogP contribution in [-0.4, -0.2) is 44.8 Å². The molecular formula is C10H11ClO5S2. The molecule has 1 heterocycles. The summed E-state index contributed by atoms with van der Waals surface area (Å²) in [4.78, 5) is -0.0342. The number of rotatable bonds is 2. The van der Waals surface area contributed by atoms with E-state index in [1.165, 1.54) is 24.3 Å². The van der Waals surface area contributed by atoms with E-state index in [0.29, 0.717) is 5.02 Å². The van der Waals surface area contributed by atoms with Crippen molar-refractivity contribution in [2.24, 2.45) is 0 Å². The molecule has 0 spiro atoms. The summed E-state index contributed by atoms with van der Waals surface area (Å²) in [6.07, 6.45) is -1.38. The van der Waals surface area contributed by atoms with E-state index in [9.17, 15) is 21.9 Å². The lowest BCUT2D eigenvalue weighted by Gasteiger charge is -2.13. The van der Waals surface area contributed by atoms with Crippen LogP contribution in [0.2, 0.25) is 5.02 Å². The van der Waals surface area contributed by atoms with Gasteiger partial charge in [-0.3, -0.25) is 0 Å². The third-order valence-electron chi connectivity index (χ3n) is 2.81. The molecule has 1 aliphatic rings. The van der Waals surface area contributed by atoms with Crippen LogP contribution in [-0.2, 0) is 19.7 Å². The fourth-order valence-corrected chi connectivity index (χ4v) is 6.47. The highest BCUT2D eigenvalue weighted by Crippen LogP contribution is 2.26. The van der Waals surface area contributed by atoms with Crippen LogP contribution < -0.4 is 0 Å². The first-order valence-electron chi connectivity index (χ1n) is 5.10. The summed E-state index contributed by atoms with van der Waals surface area (Å²) < 4.78 is 47.0. The standard InChI is InChI=1S/C10H11ClO5S2/c11-7-1-3-8(4-2-7)18(15,16)10-6-17(13,14)5-9(10)12/h1-4,9-10,12H,5-6H2/t9-,10+/m1/s1. The maximum Gasteiger partial charge on any atom is 0.184 e. The Hall–Kier alpha value is -0.630. The molecule has 1 aromatic carbocycles. The molecule has 0 bridgehead atoms. The zero-order valence-corrected chi connectivity index (χ0v) is 11.5. The summed E-state index contributed by atoms with van der Waals surface area (Å²) in [5, 5.41) is 8.67. The lowest BCUT2D eigenvalue weighted by atomic mass is 10.3. The van der Waals surface area contributed by atoms with E-state index in [-0.39, 0.29) is 4.90 Å². The maximum absolute atomic E-state index is 12.2. The van der Waals surface area contributed by atoms with Gasteiger partial charge in [-0.15, -0.1) is 0 Å². The van der Waals surface area contributed by atoms with Crippen LogP contribution in [0.15, 0.2) is 29.2 Å². The van der Waals surface area contributed by atoms with Gasteiger partial charge in [0.2, 0.25) is 0 Å². The zero-order valence-electron chi connectivity index (χ0n) is 9.15. The highest BCUT2D eigenvalue weighted by molar-refractivity contribution is 7.96. The molecule has 1 aromatic rings. The van der Waals surface area contributed by atoms with E-state index >= 15 is 0 Å². The first kappa shape index (κ1) is 13.8. The highest BCUT2D eigenvalue weighted by Gasteiger charge is 2.44. The molecule has 18 heavy (non-hydrogen) atoms. The van der Waals surface area contributed by atoms with Gasteiger partial charge in [-0.25, -0.2) is 16.8 Å². The zero-order chi connectivity index (χ0) is 13.6. The second-order valence-corrected chi connectivity index (χ2v) is 8.94. The molecular weight excluding hydrogens is 300 g/mol. The van der Waals surface area contributed by atoms with Crippen LogP contribution in [0, 0.1) is 0 Å². The van der Waals surface area contributed by atoms with Crippen molar-refractivity contribution in [1.29, 1.82) is 0 Å². The van der Waals surface area contributed by atoms with E-state index in [4.69, 9.17) is 11.6 Å². The molecule has 0 amide bonds. The first-order chi connectivity index (χ1) is 8.22. The van der Waals surface area contributed by atoms with Gasteiger partial charge in [-0.05, 0) is 24.3 Å². The minimum atomic E-state index is -3.86. The predicted octanol–water partition coefficient (Wildman–Crippen LogP) is 0.272. The topological polar surface area (TPSA) is 88.5 Å². The molecule has 2 rings (SSSR count). The van der Waals surface area contributed by atoms with Crippen LogP contribution in [0.1, 0.15) is 0 Å². The van der Waals surface area contributed by atoms with Crippen molar-refractivity contribution < 1.29 is 21.9 Å². The van der Waals surface area contributed by atoms with E-state index in [0.717, 1.165) is 0 Å². The number of hydrogen-bond acceptors (Lipinski definition) is 5. The molecule has 0 aromatic heterocycles. The Morgan fingerprint density at radius 3 is 2.17 bits per heavy atom. The fourth-order valence-electron chi connectivity index (χ4n) is 1.89. The molecule has 1 N–H and O–H groups in total. The van der Waals surface area contributed by atoms with Crippen molar-refractivity contribution in [3.05, 3.63) is 29.3 Å². The average molecular weight is 311 g/mol. The lowest BCUT2D eigenvalue weighted by Crippen LogP contribution is -2.32. The van der Waals surface area contributed by atoms with E-state index in [1.807, 2.05) is 0 Å². The molecule has 100 valence electrons. The van der Waals surface area contributed by atoms with Crippen LogP contribution in [0.3, 0.4) is 0 Å². The summed E-state index contributed by atoms with van der Waals surface area (Å²) in [5.41, 5.74) is 0. The number of sulfone groups is 2. The summed E-state index contributed by atoms with van der Waals surface area (Å²) in [6, 6.07) is 5.42. The molecule has 2 atom stereocenters. The van der Waals surface area contributed by atoms with Crippen LogP contribution in [0.25, 0.3) is 0 Å². The summed E-state index contributed by atoms with van der Waals surface area (Å²) in [5.74, 6) is -1.05. The average Bonchev–Trinajstić information content (AvgIpc) is 2.53. The van der Waals surface area contributed by atoms with Crippen molar-refractivity contribution in [3.8, 4) is 0 Å². The quantitative estimate of drug-likeness (QED) is 0.847. The predicted molar refractivity (Wildman–Crippen MR) is 67.1 cm³/mol. The van der Waals surface area contributed by atoms with E-state index in [2.05, 4.69) is 0 Å². The van der Waals surface area contributed by atoms with Gasteiger partial charge in [0.25, 0.3) is 0 Å². The van der Waals surface area contributed by atoms with Gasteiger partial charge in [0.05, 0.1) is 22.5 Å². The fraction of sp³-hybridized carbons (Fsp3) is 0.400. The minimum Gasteiger partial charge on any atom is -0.391 e. The highest BCUT2D eigenvalue weighted by atomic mass is 35.5. The Morgan fingerprint density at radius 2 is 1.72 bits per heavy atom. The van der Waals surface area contributed by atoms with Gasteiger partial charge < -0.3 is 5.11 Å². The van der Waals surface area contributed by atoms with Crippen molar-refractivity contribution in [1.82, 2.24) is 0 Å². The third kappa shape index (κ3) is 2.54. The molecule has 1 saturated heterocycles. The summed E-state index contributed by atoms with van der Waals surface area (Å²) >= 11 is 5.66. The van der Waals surface area contributed by atoms with Gasteiger partial charge in [0, 0.05) is 5.02 Å². The Labute approximate surface area is 110 Å². The van der Waals surface area contributed by atoms with Crippen molar-refractivity contribution in [2.45, 2.75) is 16.2 Å². The second kappa shape index (κ2) is 4.48. The van der Waals surface area contributed by atoms with Gasteiger partial charge >= 0.3 is 0 Å². The monoisotopic (exact) mass is 310 g/mol. The van der Waals surface area contributed by atoms with Gasteiger partial charge in [0.15, 0.2) is 19.7 Å². The van der Waals surface area contributed by atoms with Crippen LogP contribution >= 0.6 is 11.6 Å². The number of halogens is 1. The summed E-state index contributed by atoms with van der Waals surface area (Å²) in [7, 11) is -7.36. The Balaban J connectivity index is 2.41. The number of aliphatic hydroxyl groups excluding tert-OH is 1. The van der Waals surface area contributed by atoms with Crippen molar-refractivity contribution in [3.63, 3.8) is 0 Å². The Bertz CT molecular complexity index is 648. The van der Waals surface area contributed by atoms with Gasteiger partial charge in [-0.2, -0.15) is 0 Å². The lowest BCUT2D eigenvalue weighted by molar-refractivity contribution is 0.204. The second-order valence-electron chi connectivity index (χ2n) is 4.18. The van der Waals surface area contributed by atoms with Crippen molar-refractivity contribution in [2.75, 3.05) is 11.5 Å². The van der Waals surface area contributed by atoms with Crippen LogP contribution in [0.4, 0.5) is 0 Å². The van der Waals surface area contributed by atoms with E-state index in [1.54, 1.807) is 0 Å². The molecule has 0 unspecified atom stereocenters. The number of aliphatic hydroxyl groups is 1. The molecule has 0 saturated carbocycles. The molecule has 8 heteroatoms. The number of hydrogen-bond donors (Lipinski definition) is 1. The van der Waals surface area contributed by atoms with Crippen LogP contribution in [0.5, 0.6) is 0 Å². The molecule has 5 nitrogen and oxygen atoms in total. The SMILES string of the molecule is O=S1(=O)C[C@@H](O)[C@@H](S(=O)(=O)c2ccc(Cl)cc2)C1. The summed E-state index contributed by atoms with van der Waals surface area (Å²) in [6.45, 7) is 0. The van der Waals surface area contributed by atoms with Crippen molar-refractivity contribution >= 4 is 31.3 Å². The van der Waals surface area contributed by atoms with Gasteiger partial charge in [-0.1, -0.05) is 11.6 Å². The Morgan fingerprint density at radius 1 is 1.17 bits per heavy atom. The normalized spacial score (nSPS) is 27.2. The third-order valence-corrected chi connectivity index (χ3v) is 7.20. The molecule has 0 radical (unpaired) electrons. The molecule has 0 aliphatic carbocycles.